The Morgan fingerprint density at radius 2 is 1.86 bits per heavy atom. The molecule has 0 fully saturated rings. The van der Waals surface area contributed by atoms with Crippen LogP contribution in [0.3, 0.4) is 0 Å². The first-order chi connectivity index (χ1) is 9.99. The Morgan fingerprint density at radius 3 is 2.43 bits per heavy atom. The van der Waals surface area contributed by atoms with Gasteiger partial charge in [-0.1, -0.05) is 38.1 Å². The fraction of sp³-hybridized carbons (Fsp3) is 0.625. The van der Waals surface area contributed by atoms with Crippen LogP contribution < -0.4 is 5.32 Å². The Kier molecular flexibility index (Phi) is 8.42. The molecule has 0 spiro atoms. The number of rotatable bonds is 10. The van der Waals surface area contributed by atoms with E-state index in [0.29, 0.717) is 19.0 Å². The van der Waals surface area contributed by atoms with Gasteiger partial charge >= 0.3 is 0 Å². The second-order valence-electron chi connectivity index (χ2n) is 5.53. The van der Waals surface area contributed by atoms with Crippen LogP contribution in [0.4, 0.5) is 8.78 Å². The number of aliphatic hydroxyl groups is 1. The molecule has 0 radical (unpaired) electrons. The molecule has 2 N–H and O–H groups in total. The Morgan fingerprint density at radius 1 is 1.19 bits per heavy atom. The van der Waals surface area contributed by atoms with Gasteiger partial charge in [0, 0.05) is 13.1 Å². The fourth-order valence-electron chi connectivity index (χ4n) is 2.02. The molecule has 0 aliphatic heterocycles. The SMILES string of the molecule is CC(C)Cc1ccc(C(O)CNCCOCC(F)F)cc1. The molecule has 0 amide bonds. The number of aliphatic hydroxyl groups excluding tert-OH is 1. The summed E-state index contributed by atoms with van der Waals surface area (Å²) in [6.45, 7) is 4.83. The lowest BCUT2D eigenvalue weighted by Crippen LogP contribution is -2.26. The third-order valence-corrected chi connectivity index (χ3v) is 3.01. The van der Waals surface area contributed by atoms with E-state index in [9.17, 15) is 13.9 Å². The van der Waals surface area contributed by atoms with Crippen molar-refractivity contribution in [2.24, 2.45) is 5.92 Å². The molecule has 21 heavy (non-hydrogen) atoms. The van der Waals surface area contributed by atoms with Gasteiger partial charge in [0.2, 0.25) is 0 Å². The molecule has 1 aromatic carbocycles. The largest absolute Gasteiger partial charge is 0.387 e. The molecule has 1 rings (SSSR count). The van der Waals surface area contributed by atoms with Crippen molar-refractivity contribution in [3.63, 3.8) is 0 Å². The van der Waals surface area contributed by atoms with E-state index in [-0.39, 0.29) is 6.61 Å². The summed E-state index contributed by atoms with van der Waals surface area (Å²) in [6, 6.07) is 7.92. The minimum atomic E-state index is -2.43. The van der Waals surface area contributed by atoms with Gasteiger partial charge in [-0.05, 0) is 23.5 Å². The number of ether oxygens (including phenoxy) is 1. The Bertz CT molecular complexity index is 382. The van der Waals surface area contributed by atoms with E-state index in [1.165, 1.54) is 5.56 Å². The van der Waals surface area contributed by atoms with Crippen molar-refractivity contribution < 1.29 is 18.6 Å². The van der Waals surface area contributed by atoms with Gasteiger partial charge in [-0.2, -0.15) is 0 Å². The van der Waals surface area contributed by atoms with E-state index >= 15 is 0 Å². The van der Waals surface area contributed by atoms with E-state index in [0.717, 1.165) is 12.0 Å². The van der Waals surface area contributed by atoms with Crippen LogP contribution in [-0.2, 0) is 11.2 Å². The summed E-state index contributed by atoms with van der Waals surface area (Å²) < 4.78 is 28.4. The molecule has 0 heterocycles. The topological polar surface area (TPSA) is 41.5 Å². The fourth-order valence-corrected chi connectivity index (χ4v) is 2.02. The third kappa shape index (κ3) is 8.09. The summed E-state index contributed by atoms with van der Waals surface area (Å²) in [6.07, 6.45) is -2.01. The lowest BCUT2D eigenvalue weighted by Gasteiger charge is -2.13. The normalized spacial score (nSPS) is 13.1. The number of hydrogen-bond donors (Lipinski definition) is 2. The van der Waals surface area contributed by atoms with Crippen molar-refractivity contribution in [2.75, 3.05) is 26.3 Å². The van der Waals surface area contributed by atoms with Crippen molar-refractivity contribution in [3.8, 4) is 0 Å². The highest BCUT2D eigenvalue weighted by Crippen LogP contribution is 2.15. The van der Waals surface area contributed by atoms with Gasteiger partial charge in [-0.15, -0.1) is 0 Å². The van der Waals surface area contributed by atoms with E-state index in [2.05, 4.69) is 19.2 Å². The average Bonchev–Trinajstić information content (AvgIpc) is 2.42. The highest BCUT2D eigenvalue weighted by atomic mass is 19.3. The van der Waals surface area contributed by atoms with Crippen LogP contribution in [0, 0.1) is 5.92 Å². The summed E-state index contributed by atoms with van der Waals surface area (Å²) in [7, 11) is 0. The third-order valence-electron chi connectivity index (χ3n) is 3.01. The lowest BCUT2D eigenvalue weighted by atomic mass is 10.0. The average molecular weight is 301 g/mol. The van der Waals surface area contributed by atoms with Gasteiger partial charge < -0.3 is 15.2 Å². The minimum absolute atomic E-state index is 0.213. The van der Waals surface area contributed by atoms with Gasteiger partial charge in [0.25, 0.3) is 6.43 Å². The predicted octanol–water partition coefficient (Wildman–Crippen LogP) is 2.79. The molecule has 0 aliphatic rings. The Balaban J connectivity index is 2.24. The molecule has 1 unspecified atom stereocenters. The number of benzene rings is 1. The van der Waals surface area contributed by atoms with Gasteiger partial charge in [0.15, 0.2) is 0 Å². The molecule has 1 atom stereocenters. The molecule has 120 valence electrons. The van der Waals surface area contributed by atoms with Crippen LogP contribution in [0.15, 0.2) is 24.3 Å². The van der Waals surface area contributed by atoms with Crippen molar-refractivity contribution in [1.82, 2.24) is 5.32 Å². The summed E-state index contributed by atoms with van der Waals surface area (Å²) in [5, 5.41) is 13.0. The number of halogens is 2. The quantitative estimate of drug-likeness (QED) is 0.653. The maximum absolute atomic E-state index is 11.8. The van der Waals surface area contributed by atoms with Crippen molar-refractivity contribution >= 4 is 0 Å². The molecule has 0 saturated heterocycles. The molecular formula is C16H25F2NO2. The molecule has 3 nitrogen and oxygen atoms in total. The molecule has 0 aliphatic carbocycles. The molecule has 0 bridgehead atoms. The monoisotopic (exact) mass is 301 g/mol. The zero-order valence-electron chi connectivity index (χ0n) is 12.7. The van der Waals surface area contributed by atoms with Crippen LogP contribution in [-0.4, -0.2) is 37.8 Å². The Labute approximate surface area is 125 Å². The maximum Gasteiger partial charge on any atom is 0.261 e. The maximum atomic E-state index is 11.8. The zero-order chi connectivity index (χ0) is 15.7. The molecule has 1 aromatic rings. The predicted molar refractivity (Wildman–Crippen MR) is 79.6 cm³/mol. The first-order valence-electron chi connectivity index (χ1n) is 7.32. The number of hydrogen-bond acceptors (Lipinski definition) is 3. The Hall–Kier alpha value is -1.04. The highest BCUT2D eigenvalue weighted by Gasteiger charge is 2.07. The van der Waals surface area contributed by atoms with E-state index in [1.54, 1.807) is 0 Å². The number of nitrogens with one attached hydrogen (secondary N) is 1. The molecular weight excluding hydrogens is 276 g/mol. The standard InChI is InChI=1S/C16H25F2NO2/c1-12(2)9-13-3-5-14(6-4-13)15(20)10-19-7-8-21-11-16(17)18/h3-6,12,15-16,19-20H,7-11H2,1-2H3. The number of alkyl halides is 2. The van der Waals surface area contributed by atoms with Crippen LogP contribution in [0.5, 0.6) is 0 Å². The summed E-state index contributed by atoms with van der Waals surface area (Å²) in [5.74, 6) is 0.607. The van der Waals surface area contributed by atoms with E-state index < -0.39 is 19.1 Å². The van der Waals surface area contributed by atoms with Gasteiger partial charge in [0.1, 0.15) is 6.61 Å². The second-order valence-corrected chi connectivity index (χ2v) is 5.53. The van der Waals surface area contributed by atoms with Gasteiger partial charge in [0.05, 0.1) is 12.7 Å². The van der Waals surface area contributed by atoms with Crippen LogP contribution in [0.2, 0.25) is 0 Å². The van der Waals surface area contributed by atoms with Crippen molar-refractivity contribution in [1.29, 1.82) is 0 Å². The second kappa shape index (κ2) is 9.82. The van der Waals surface area contributed by atoms with Gasteiger partial charge in [-0.25, -0.2) is 8.78 Å². The highest BCUT2D eigenvalue weighted by molar-refractivity contribution is 5.24. The summed E-state index contributed by atoms with van der Waals surface area (Å²) >= 11 is 0. The van der Waals surface area contributed by atoms with Crippen molar-refractivity contribution in [3.05, 3.63) is 35.4 Å². The first-order valence-corrected chi connectivity index (χ1v) is 7.32. The zero-order valence-corrected chi connectivity index (χ0v) is 12.7. The first kappa shape index (κ1) is 18.0. The van der Waals surface area contributed by atoms with E-state index in [1.807, 2.05) is 24.3 Å². The summed E-state index contributed by atoms with van der Waals surface area (Å²) in [4.78, 5) is 0. The van der Waals surface area contributed by atoms with Gasteiger partial charge in [-0.3, -0.25) is 0 Å². The van der Waals surface area contributed by atoms with Crippen LogP contribution >= 0.6 is 0 Å². The molecule has 0 aromatic heterocycles. The van der Waals surface area contributed by atoms with E-state index in [4.69, 9.17) is 4.74 Å². The van der Waals surface area contributed by atoms with Crippen molar-refractivity contribution in [2.45, 2.75) is 32.8 Å². The minimum Gasteiger partial charge on any atom is -0.387 e. The van der Waals surface area contributed by atoms with Crippen LogP contribution in [0.25, 0.3) is 0 Å². The molecule has 5 heteroatoms. The molecule has 0 saturated carbocycles. The smallest absolute Gasteiger partial charge is 0.261 e. The lowest BCUT2D eigenvalue weighted by molar-refractivity contribution is 0.0181. The van der Waals surface area contributed by atoms with Crippen LogP contribution in [0.1, 0.15) is 31.1 Å². The summed E-state index contributed by atoms with van der Waals surface area (Å²) in [5.41, 5.74) is 2.11.